The van der Waals surface area contributed by atoms with E-state index in [1.165, 1.54) is 10.9 Å². The van der Waals surface area contributed by atoms with Crippen LogP contribution in [0, 0.1) is 0 Å². The predicted octanol–water partition coefficient (Wildman–Crippen LogP) is 3.89. The maximum Gasteiger partial charge on any atom is 0.260 e. The van der Waals surface area contributed by atoms with Gasteiger partial charge in [0.15, 0.2) is 0 Å². The second-order valence-electron chi connectivity index (χ2n) is 5.47. The average Bonchev–Trinajstić information content (AvgIpc) is 2.79. The molecule has 0 saturated heterocycles. The summed E-state index contributed by atoms with van der Waals surface area (Å²) in [6.45, 7) is 0.607. The van der Waals surface area contributed by atoms with Gasteiger partial charge in [0.05, 0.1) is 5.56 Å². The minimum absolute atomic E-state index is 0.131. The number of rotatable bonds is 1. The molecule has 1 amide bonds. The standard InChI is InChI=1S/C18H14ClN3O/c19-17-14(5-3-9-20-17)18(23)22-10-7-13-12-4-1-2-6-15(12)21-16(13)8-11-22/h1-6,8-9,11,21H,7,10H2. The minimum Gasteiger partial charge on any atom is -0.355 e. The summed E-state index contributed by atoms with van der Waals surface area (Å²) in [7, 11) is 0. The van der Waals surface area contributed by atoms with Crippen molar-refractivity contribution in [2.45, 2.75) is 6.42 Å². The van der Waals surface area contributed by atoms with E-state index in [1.54, 1.807) is 23.2 Å². The van der Waals surface area contributed by atoms with Crippen molar-refractivity contribution in [3.63, 3.8) is 0 Å². The van der Waals surface area contributed by atoms with Gasteiger partial charge < -0.3 is 9.88 Å². The molecular weight excluding hydrogens is 310 g/mol. The molecule has 1 aliphatic rings. The average molecular weight is 324 g/mol. The van der Waals surface area contributed by atoms with E-state index in [0.717, 1.165) is 17.6 Å². The number of fused-ring (bicyclic) bond motifs is 3. The van der Waals surface area contributed by atoms with Gasteiger partial charge in [0.25, 0.3) is 5.91 Å². The summed E-state index contributed by atoms with van der Waals surface area (Å²) >= 11 is 6.04. The lowest BCUT2D eigenvalue weighted by Gasteiger charge is -2.17. The Morgan fingerprint density at radius 2 is 2.09 bits per heavy atom. The molecule has 1 aromatic carbocycles. The maximum atomic E-state index is 12.6. The third-order valence-electron chi connectivity index (χ3n) is 4.12. The first kappa shape index (κ1) is 14.0. The second kappa shape index (κ2) is 5.56. The number of pyridine rings is 1. The maximum absolute atomic E-state index is 12.6. The zero-order valence-electron chi connectivity index (χ0n) is 12.3. The van der Waals surface area contributed by atoms with Crippen molar-refractivity contribution in [2.24, 2.45) is 0 Å². The van der Waals surface area contributed by atoms with Gasteiger partial charge in [0.2, 0.25) is 0 Å². The van der Waals surface area contributed by atoms with E-state index in [9.17, 15) is 4.79 Å². The molecule has 0 atom stereocenters. The van der Waals surface area contributed by atoms with Crippen molar-refractivity contribution < 1.29 is 4.79 Å². The highest BCUT2D eigenvalue weighted by Gasteiger charge is 2.20. The molecule has 2 aromatic heterocycles. The fraction of sp³-hybridized carbons (Fsp3) is 0.111. The number of aromatic nitrogens is 2. The Bertz CT molecular complexity index is 929. The molecule has 3 aromatic rings. The number of hydrogen-bond donors (Lipinski definition) is 1. The first-order valence-electron chi connectivity index (χ1n) is 7.43. The summed E-state index contributed by atoms with van der Waals surface area (Å²) in [6, 6.07) is 11.6. The van der Waals surface area contributed by atoms with Gasteiger partial charge in [-0.25, -0.2) is 4.98 Å². The van der Waals surface area contributed by atoms with Crippen LogP contribution in [-0.4, -0.2) is 27.3 Å². The van der Waals surface area contributed by atoms with E-state index in [1.807, 2.05) is 24.4 Å². The van der Waals surface area contributed by atoms with Gasteiger partial charge in [-0.05, 0) is 36.3 Å². The fourth-order valence-electron chi connectivity index (χ4n) is 2.97. The molecule has 0 radical (unpaired) electrons. The molecule has 4 rings (SSSR count). The van der Waals surface area contributed by atoms with E-state index in [-0.39, 0.29) is 11.1 Å². The van der Waals surface area contributed by atoms with Crippen molar-refractivity contribution in [1.82, 2.24) is 14.9 Å². The lowest BCUT2D eigenvalue weighted by molar-refractivity contribution is 0.0825. The summed E-state index contributed by atoms with van der Waals surface area (Å²) in [5.41, 5.74) is 3.84. The molecule has 5 heteroatoms. The van der Waals surface area contributed by atoms with Gasteiger partial charge in [-0.15, -0.1) is 0 Å². The zero-order valence-corrected chi connectivity index (χ0v) is 13.0. The number of para-hydroxylation sites is 1. The Kier molecular flexibility index (Phi) is 3.39. The molecule has 0 unspecified atom stereocenters. The molecule has 114 valence electrons. The lowest BCUT2D eigenvalue weighted by Crippen LogP contribution is -2.27. The Morgan fingerprint density at radius 3 is 2.96 bits per heavy atom. The van der Waals surface area contributed by atoms with Crippen molar-refractivity contribution in [2.75, 3.05) is 6.54 Å². The number of carbonyl (C=O) groups excluding carboxylic acids is 1. The van der Waals surface area contributed by atoms with Crippen LogP contribution in [-0.2, 0) is 6.42 Å². The van der Waals surface area contributed by atoms with Crippen LogP contribution in [0.15, 0.2) is 48.8 Å². The smallest absolute Gasteiger partial charge is 0.260 e. The molecule has 1 aliphatic heterocycles. The number of H-pyrrole nitrogens is 1. The Morgan fingerprint density at radius 1 is 1.22 bits per heavy atom. The largest absolute Gasteiger partial charge is 0.355 e. The summed E-state index contributed by atoms with van der Waals surface area (Å²) < 4.78 is 0. The van der Waals surface area contributed by atoms with Crippen LogP contribution >= 0.6 is 11.6 Å². The molecule has 0 aliphatic carbocycles. The van der Waals surface area contributed by atoms with E-state index >= 15 is 0 Å². The highest BCUT2D eigenvalue weighted by molar-refractivity contribution is 6.32. The Hall–Kier alpha value is -2.59. The van der Waals surface area contributed by atoms with Crippen molar-refractivity contribution in [1.29, 1.82) is 0 Å². The van der Waals surface area contributed by atoms with Gasteiger partial charge in [-0.1, -0.05) is 29.8 Å². The molecule has 3 heterocycles. The number of hydrogen-bond acceptors (Lipinski definition) is 2. The monoisotopic (exact) mass is 323 g/mol. The SMILES string of the molecule is O=C(c1cccnc1Cl)N1C=Cc2[nH]c3ccccc3c2CC1. The molecule has 0 fully saturated rings. The predicted molar refractivity (Wildman–Crippen MR) is 91.3 cm³/mol. The number of carbonyl (C=O) groups is 1. The minimum atomic E-state index is -0.131. The van der Waals surface area contributed by atoms with E-state index in [4.69, 9.17) is 11.6 Å². The summed E-state index contributed by atoms with van der Waals surface area (Å²) in [6.07, 6.45) is 6.13. The highest BCUT2D eigenvalue weighted by Crippen LogP contribution is 2.27. The van der Waals surface area contributed by atoms with Crippen LogP contribution in [0.2, 0.25) is 5.15 Å². The van der Waals surface area contributed by atoms with Gasteiger partial charge in [0.1, 0.15) is 5.15 Å². The molecule has 4 nitrogen and oxygen atoms in total. The summed E-state index contributed by atoms with van der Waals surface area (Å²) in [4.78, 5) is 21.7. The number of nitrogens with zero attached hydrogens (tertiary/aromatic N) is 2. The fourth-order valence-corrected chi connectivity index (χ4v) is 3.17. The number of aromatic amines is 1. The van der Waals surface area contributed by atoms with Crippen LogP contribution in [0.5, 0.6) is 0 Å². The second-order valence-corrected chi connectivity index (χ2v) is 5.83. The number of halogens is 1. The molecular formula is C18H14ClN3O. The third kappa shape index (κ3) is 2.41. The first-order valence-corrected chi connectivity index (χ1v) is 7.81. The molecule has 1 N–H and O–H groups in total. The van der Waals surface area contributed by atoms with Gasteiger partial charge in [0, 0.05) is 35.5 Å². The first-order chi connectivity index (χ1) is 11.2. The normalized spacial score (nSPS) is 13.9. The molecule has 0 saturated carbocycles. The summed E-state index contributed by atoms with van der Waals surface area (Å²) in [5, 5.41) is 1.44. The number of nitrogens with one attached hydrogen (secondary N) is 1. The summed E-state index contributed by atoms with van der Waals surface area (Å²) in [5.74, 6) is -0.131. The molecule has 0 bridgehead atoms. The number of amides is 1. The van der Waals surface area contributed by atoms with Crippen molar-refractivity contribution in [3.05, 3.63) is 70.8 Å². The van der Waals surface area contributed by atoms with Crippen molar-refractivity contribution in [3.8, 4) is 0 Å². The highest BCUT2D eigenvalue weighted by atomic mass is 35.5. The van der Waals surface area contributed by atoms with E-state index < -0.39 is 0 Å². The van der Waals surface area contributed by atoms with Crippen LogP contribution in [0.3, 0.4) is 0 Å². The topological polar surface area (TPSA) is 49.0 Å². The van der Waals surface area contributed by atoms with Crippen molar-refractivity contribution >= 4 is 34.5 Å². The zero-order chi connectivity index (χ0) is 15.8. The van der Waals surface area contributed by atoms with Gasteiger partial charge >= 0.3 is 0 Å². The van der Waals surface area contributed by atoms with E-state index in [2.05, 4.69) is 22.1 Å². The quantitative estimate of drug-likeness (QED) is 0.691. The van der Waals surface area contributed by atoms with Crippen LogP contribution < -0.4 is 0 Å². The van der Waals surface area contributed by atoms with Crippen LogP contribution in [0.25, 0.3) is 17.0 Å². The molecule has 23 heavy (non-hydrogen) atoms. The van der Waals surface area contributed by atoms with Crippen LogP contribution in [0.4, 0.5) is 0 Å². The van der Waals surface area contributed by atoms with Gasteiger partial charge in [-0.3, -0.25) is 4.79 Å². The van der Waals surface area contributed by atoms with E-state index in [0.29, 0.717) is 12.1 Å². The third-order valence-corrected chi connectivity index (χ3v) is 4.42. The Balaban J connectivity index is 1.67. The Labute approximate surface area is 138 Å². The molecule has 0 spiro atoms. The van der Waals surface area contributed by atoms with Gasteiger partial charge in [-0.2, -0.15) is 0 Å². The number of benzene rings is 1. The lowest BCUT2D eigenvalue weighted by atomic mass is 10.1. The van der Waals surface area contributed by atoms with Crippen LogP contribution in [0.1, 0.15) is 21.6 Å².